The van der Waals surface area contributed by atoms with E-state index < -0.39 is 57.2 Å². The van der Waals surface area contributed by atoms with Gasteiger partial charge in [-0.15, -0.1) is 6.58 Å². The Labute approximate surface area is 223 Å². The third-order valence-corrected chi connectivity index (χ3v) is 6.39. The van der Waals surface area contributed by atoms with Gasteiger partial charge in [-0.2, -0.15) is 13.2 Å². The van der Waals surface area contributed by atoms with Gasteiger partial charge in [0.05, 0.1) is 16.5 Å². The Morgan fingerprint density at radius 2 is 1.32 bits per heavy atom. The van der Waals surface area contributed by atoms with E-state index >= 15 is 8.78 Å². The van der Waals surface area contributed by atoms with E-state index in [1.54, 1.807) is 18.2 Å². The molecule has 0 saturated heterocycles. The summed E-state index contributed by atoms with van der Waals surface area (Å²) in [6.45, 7) is 3.70. The van der Waals surface area contributed by atoms with Crippen molar-refractivity contribution in [3.63, 3.8) is 0 Å². The number of halogens is 8. The van der Waals surface area contributed by atoms with Gasteiger partial charge in [-0.3, -0.25) is 0 Å². The molecule has 0 aliphatic carbocycles. The van der Waals surface area contributed by atoms with E-state index in [1.807, 2.05) is 24.3 Å². The molecule has 0 aromatic heterocycles. The fraction of sp³-hybridized carbons (Fsp3) is 0.0625. The second kappa shape index (κ2) is 10.2. The first-order chi connectivity index (χ1) is 19.0. The van der Waals surface area contributed by atoms with Gasteiger partial charge in [-0.05, 0) is 69.8 Å². The van der Waals surface area contributed by atoms with Crippen molar-refractivity contribution in [2.75, 3.05) is 0 Å². The summed E-state index contributed by atoms with van der Waals surface area (Å²) in [7, 11) is 0. The van der Waals surface area contributed by atoms with Crippen molar-refractivity contribution in [1.82, 2.24) is 0 Å². The van der Waals surface area contributed by atoms with Crippen molar-refractivity contribution in [2.45, 2.75) is 12.6 Å². The van der Waals surface area contributed by atoms with Crippen LogP contribution in [0.1, 0.15) is 11.1 Å². The van der Waals surface area contributed by atoms with Gasteiger partial charge in [-0.1, -0.05) is 48.4 Å². The summed E-state index contributed by atoms with van der Waals surface area (Å²) < 4.78 is 112. The van der Waals surface area contributed by atoms with E-state index in [4.69, 9.17) is 0 Å². The molecule has 0 unspecified atom stereocenters. The highest BCUT2D eigenvalue weighted by molar-refractivity contribution is 5.94. The second-order valence-corrected chi connectivity index (χ2v) is 9.02. The average molecular weight is 552 g/mol. The van der Waals surface area contributed by atoms with Crippen LogP contribution in [0, 0.1) is 40.9 Å². The third kappa shape index (κ3) is 5.03. The topological polar surface area (TPSA) is 0 Å². The molecule has 5 aromatic carbocycles. The van der Waals surface area contributed by atoms with Gasteiger partial charge in [0, 0.05) is 11.3 Å². The normalized spacial score (nSPS) is 11.5. The largest absolute Gasteiger partial charge is 0.458 e. The fourth-order valence-corrected chi connectivity index (χ4v) is 4.58. The van der Waals surface area contributed by atoms with Crippen LogP contribution in [-0.2, 0) is 6.42 Å². The highest BCUT2D eigenvalue weighted by Crippen LogP contribution is 2.37. The van der Waals surface area contributed by atoms with Crippen molar-refractivity contribution < 1.29 is 35.1 Å². The molecule has 0 bridgehead atoms. The number of allylic oxidation sites excluding steroid dienone is 1. The molecule has 5 rings (SSSR count). The van der Waals surface area contributed by atoms with E-state index in [2.05, 4.69) is 6.58 Å². The van der Waals surface area contributed by atoms with Crippen LogP contribution < -0.4 is 0 Å². The van der Waals surface area contributed by atoms with Gasteiger partial charge in [-0.25, -0.2) is 22.0 Å². The van der Waals surface area contributed by atoms with Crippen LogP contribution in [0.5, 0.6) is 0 Å². The van der Waals surface area contributed by atoms with Gasteiger partial charge >= 0.3 is 6.18 Å². The van der Waals surface area contributed by atoms with Crippen molar-refractivity contribution in [1.29, 1.82) is 0 Å². The van der Waals surface area contributed by atoms with E-state index in [9.17, 15) is 26.3 Å². The zero-order valence-electron chi connectivity index (χ0n) is 20.4. The second-order valence-electron chi connectivity index (χ2n) is 9.02. The maximum Gasteiger partial charge on any atom is 0.458 e. The summed E-state index contributed by atoms with van der Waals surface area (Å²) in [6.07, 6.45) is -2.56. The molecule has 200 valence electrons. The lowest BCUT2D eigenvalue weighted by Crippen LogP contribution is -2.03. The van der Waals surface area contributed by atoms with Crippen LogP contribution in [0.15, 0.2) is 79.4 Å². The molecular weight excluding hydrogens is 536 g/mol. The molecule has 0 aliphatic heterocycles. The number of benzene rings is 5. The molecule has 0 radical (unpaired) electrons. The Kier molecular flexibility index (Phi) is 6.84. The molecule has 40 heavy (non-hydrogen) atoms. The van der Waals surface area contributed by atoms with Crippen molar-refractivity contribution in [2.24, 2.45) is 0 Å². The summed E-state index contributed by atoms with van der Waals surface area (Å²) >= 11 is 0. The standard InChI is InChI=1S/C32H16F8/c1-2-3-17-4-6-18(7-5-17)19-8-9-23-20(12-19)14-26(34)28(30(23)36)22-13-21-15-25(33)24(10-11-32(38,39)40)31(37)29(21)27(35)16-22/h2,4-9,12-16H,1,3H2. The molecule has 0 amide bonds. The molecule has 0 nitrogen and oxygen atoms in total. The zero-order chi connectivity index (χ0) is 28.8. The lowest BCUT2D eigenvalue weighted by atomic mass is 9.94. The number of rotatable bonds is 4. The van der Waals surface area contributed by atoms with Crippen LogP contribution in [-0.4, -0.2) is 6.18 Å². The van der Waals surface area contributed by atoms with Crippen LogP contribution in [0.2, 0.25) is 0 Å². The summed E-state index contributed by atoms with van der Waals surface area (Å²) in [5, 5.41) is -1.05. The van der Waals surface area contributed by atoms with Gasteiger partial charge in [0.25, 0.3) is 0 Å². The van der Waals surface area contributed by atoms with Crippen molar-refractivity contribution in [3.05, 3.63) is 120 Å². The molecule has 0 spiro atoms. The first-order valence-electron chi connectivity index (χ1n) is 11.8. The Balaban J connectivity index is 1.61. The first kappa shape index (κ1) is 26.9. The number of hydrogen-bond donors (Lipinski definition) is 0. The van der Waals surface area contributed by atoms with E-state index in [0.717, 1.165) is 29.2 Å². The molecular formula is C32H16F8. The quantitative estimate of drug-likeness (QED) is 0.118. The fourth-order valence-electron chi connectivity index (χ4n) is 4.58. The third-order valence-electron chi connectivity index (χ3n) is 6.39. The highest BCUT2D eigenvalue weighted by Gasteiger charge is 2.25. The monoisotopic (exact) mass is 552 g/mol. The van der Waals surface area contributed by atoms with Gasteiger partial charge in [0.2, 0.25) is 0 Å². The molecule has 5 aromatic rings. The minimum Gasteiger partial charge on any atom is -0.206 e. The van der Waals surface area contributed by atoms with Crippen molar-refractivity contribution >= 4 is 21.5 Å². The average Bonchev–Trinajstić information content (AvgIpc) is 2.88. The Bertz CT molecular complexity index is 1870. The van der Waals surface area contributed by atoms with E-state index in [1.165, 1.54) is 12.0 Å². The number of hydrogen-bond acceptors (Lipinski definition) is 0. The van der Waals surface area contributed by atoms with Crippen LogP contribution in [0.3, 0.4) is 0 Å². The Morgan fingerprint density at radius 3 is 2.00 bits per heavy atom. The van der Waals surface area contributed by atoms with E-state index in [-0.39, 0.29) is 16.3 Å². The number of alkyl halides is 3. The Hall–Kier alpha value is -4.64. The van der Waals surface area contributed by atoms with E-state index in [0.29, 0.717) is 24.1 Å². The SMILES string of the molecule is C=CCc1ccc(-c2ccc3c(F)c(-c4cc(F)c5c(F)c(C#CC(F)(F)F)c(F)cc5c4)c(F)cc3c2)cc1. The predicted octanol–water partition coefficient (Wildman–Crippen LogP) is 9.66. The smallest absolute Gasteiger partial charge is 0.206 e. The summed E-state index contributed by atoms with van der Waals surface area (Å²) in [5.74, 6) is -4.48. The molecule has 0 atom stereocenters. The minimum atomic E-state index is -5.03. The number of fused-ring (bicyclic) bond motifs is 2. The lowest BCUT2D eigenvalue weighted by molar-refractivity contribution is -0.0696. The molecule has 8 heteroatoms. The zero-order valence-corrected chi connectivity index (χ0v) is 20.4. The molecule has 0 saturated carbocycles. The summed E-state index contributed by atoms with van der Waals surface area (Å²) in [4.78, 5) is 0. The van der Waals surface area contributed by atoms with Crippen molar-refractivity contribution in [3.8, 4) is 34.1 Å². The maximum absolute atomic E-state index is 15.6. The molecule has 0 fully saturated rings. The van der Waals surface area contributed by atoms with Gasteiger partial charge in [0.1, 0.15) is 23.3 Å². The van der Waals surface area contributed by atoms with Gasteiger partial charge < -0.3 is 0 Å². The molecule has 0 aliphatic rings. The van der Waals surface area contributed by atoms with Crippen LogP contribution in [0.4, 0.5) is 35.1 Å². The lowest BCUT2D eigenvalue weighted by Gasteiger charge is -2.13. The van der Waals surface area contributed by atoms with Crippen LogP contribution in [0.25, 0.3) is 43.8 Å². The molecule has 0 heterocycles. The summed E-state index contributed by atoms with van der Waals surface area (Å²) in [5.41, 5.74) is 0.323. The first-order valence-corrected chi connectivity index (χ1v) is 11.8. The minimum absolute atomic E-state index is 0.0269. The predicted molar refractivity (Wildman–Crippen MR) is 139 cm³/mol. The Morgan fingerprint density at radius 1 is 0.675 bits per heavy atom. The molecule has 0 N–H and O–H groups in total. The van der Waals surface area contributed by atoms with Crippen LogP contribution >= 0.6 is 0 Å². The van der Waals surface area contributed by atoms with Gasteiger partial charge in [0.15, 0.2) is 5.82 Å². The highest BCUT2D eigenvalue weighted by atomic mass is 19.4. The summed E-state index contributed by atoms with van der Waals surface area (Å²) in [6, 6.07) is 15.5. The maximum atomic E-state index is 15.6.